The normalized spacial score (nSPS) is 13.2. The van der Waals surface area contributed by atoms with Crippen LogP contribution < -0.4 is 49.7 Å². The number of rotatable bonds is 23. The van der Waals surface area contributed by atoms with Gasteiger partial charge in [0, 0.05) is 18.5 Å². The molecule has 258 valence electrons. The van der Waals surface area contributed by atoms with Crippen molar-refractivity contribution in [2.45, 2.75) is 83.3 Å². The zero-order valence-electron chi connectivity index (χ0n) is 27.4. The van der Waals surface area contributed by atoms with E-state index in [1.54, 1.807) is 48.5 Å². The molecule has 0 saturated carbocycles. The molecule has 0 saturated heterocycles. The van der Waals surface area contributed by atoms with Crippen LogP contribution >= 0.6 is 0 Å². The quantitative estimate of drug-likeness (QED) is 0.0185. The van der Waals surface area contributed by atoms with E-state index in [-0.39, 0.29) is 37.0 Å². The van der Waals surface area contributed by atoms with Crippen molar-refractivity contribution in [3.05, 3.63) is 71.3 Å². The number of nitrogens with one attached hydrogen (secondary N) is 6. The average Bonchev–Trinajstić information content (AvgIpc) is 3.04. The summed E-state index contributed by atoms with van der Waals surface area (Å²) in [5.74, 6) is -2.35. The number of hydrogen-bond donors (Lipinski definition) is 10. The maximum absolute atomic E-state index is 13.6. The van der Waals surface area contributed by atoms with Gasteiger partial charge in [-0.3, -0.25) is 29.9 Å². The molecule has 14 heteroatoms. The summed E-state index contributed by atoms with van der Waals surface area (Å²) in [6.07, 6.45) is 1.66. The summed E-state index contributed by atoms with van der Waals surface area (Å²) in [5, 5.41) is 16.1. The molecule has 2 amide bonds. The number of amidine groups is 1. The van der Waals surface area contributed by atoms with Crippen molar-refractivity contribution < 1.29 is 19.2 Å². The smallest absolute Gasteiger partial charge is 0.239 e. The van der Waals surface area contributed by atoms with E-state index in [1.807, 2.05) is 19.9 Å². The molecule has 0 aliphatic rings. The molecule has 2 rings (SSSR count). The molecule has 0 unspecified atom stereocenters. The van der Waals surface area contributed by atoms with Crippen LogP contribution in [0.2, 0.25) is 0 Å². The number of benzene rings is 2. The van der Waals surface area contributed by atoms with Gasteiger partial charge in [-0.25, -0.2) is 10.9 Å². The molecule has 0 spiro atoms. The minimum atomic E-state index is -1.06. The number of hydrazine groups is 1. The molecule has 2 aromatic rings. The number of carbonyl (C=O) groups is 4. The number of hydrogen-bond acceptors (Lipinski definition) is 11. The van der Waals surface area contributed by atoms with E-state index in [2.05, 4.69) is 26.8 Å². The molecule has 2 aromatic carbocycles. The van der Waals surface area contributed by atoms with Crippen molar-refractivity contribution in [3.8, 4) is 0 Å². The summed E-state index contributed by atoms with van der Waals surface area (Å²) >= 11 is 0. The van der Waals surface area contributed by atoms with Crippen LogP contribution in [0.25, 0.3) is 0 Å². The second-order valence-corrected chi connectivity index (χ2v) is 11.8. The lowest BCUT2D eigenvalue weighted by atomic mass is 9.97. The van der Waals surface area contributed by atoms with Crippen molar-refractivity contribution in [1.82, 2.24) is 26.8 Å². The number of carbonyl (C=O) groups excluding carboxylic acids is 4. The predicted octanol–water partition coefficient (Wildman–Crippen LogP) is -0.360. The largest absolute Gasteiger partial charge is 0.384 e. The molecule has 3 atom stereocenters. The second-order valence-electron chi connectivity index (χ2n) is 11.8. The van der Waals surface area contributed by atoms with E-state index in [4.69, 9.17) is 28.3 Å². The van der Waals surface area contributed by atoms with E-state index in [0.29, 0.717) is 43.5 Å². The monoisotopic (exact) mass is 652 g/mol. The van der Waals surface area contributed by atoms with Crippen LogP contribution in [0.1, 0.15) is 62.6 Å². The summed E-state index contributed by atoms with van der Waals surface area (Å²) < 4.78 is 0. The first kappa shape index (κ1) is 39.1. The number of Topliss-reactive ketones (excluding diaryl/α,β-unsaturated/α-hetero) is 2. The minimum Gasteiger partial charge on any atom is -0.384 e. The molecule has 47 heavy (non-hydrogen) atoms. The van der Waals surface area contributed by atoms with E-state index >= 15 is 0 Å². The van der Waals surface area contributed by atoms with Gasteiger partial charge in [0.15, 0.2) is 0 Å². The van der Waals surface area contributed by atoms with Crippen molar-refractivity contribution in [1.29, 1.82) is 5.41 Å². The van der Waals surface area contributed by atoms with Gasteiger partial charge in [-0.2, -0.15) is 0 Å². The van der Waals surface area contributed by atoms with Crippen LogP contribution in [0.5, 0.6) is 0 Å². The Morgan fingerprint density at radius 2 is 1.47 bits per heavy atom. The molecule has 0 aliphatic carbocycles. The number of nitrogen functional groups attached to an aromatic ring is 1. The fourth-order valence-electron chi connectivity index (χ4n) is 4.77. The van der Waals surface area contributed by atoms with Crippen LogP contribution in [0, 0.1) is 11.3 Å². The van der Waals surface area contributed by atoms with Crippen LogP contribution in [-0.4, -0.2) is 66.7 Å². The molecule has 0 aromatic heterocycles. The van der Waals surface area contributed by atoms with Crippen molar-refractivity contribution >= 4 is 29.2 Å². The van der Waals surface area contributed by atoms with Crippen molar-refractivity contribution in [2.75, 3.05) is 13.1 Å². The molecule has 0 fully saturated rings. The number of amides is 2. The van der Waals surface area contributed by atoms with Gasteiger partial charge in [-0.1, -0.05) is 74.9 Å². The zero-order chi connectivity index (χ0) is 34.8. The first-order valence-electron chi connectivity index (χ1n) is 16.0. The van der Waals surface area contributed by atoms with Gasteiger partial charge < -0.3 is 33.6 Å². The van der Waals surface area contributed by atoms with Gasteiger partial charge in [0.1, 0.15) is 18.2 Å². The maximum Gasteiger partial charge on any atom is 0.239 e. The van der Waals surface area contributed by atoms with Gasteiger partial charge in [0.05, 0.1) is 12.1 Å². The van der Waals surface area contributed by atoms with Crippen LogP contribution in [0.4, 0.5) is 0 Å². The molecular formula is C33H52N10O4. The summed E-state index contributed by atoms with van der Waals surface area (Å²) in [5.41, 5.74) is 30.5. The molecule has 0 heterocycles. The van der Waals surface area contributed by atoms with Gasteiger partial charge in [-0.15, -0.1) is 0 Å². The number of ketones is 2. The van der Waals surface area contributed by atoms with Crippen LogP contribution in [-0.2, 0) is 32.1 Å². The van der Waals surface area contributed by atoms with Gasteiger partial charge >= 0.3 is 0 Å². The Morgan fingerprint density at radius 1 is 0.809 bits per heavy atom. The summed E-state index contributed by atoms with van der Waals surface area (Å²) in [4.78, 5) is 53.0. The molecule has 0 bridgehead atoms. The van der Waals surface area contributed by atoms with Gasteiger partial charge in [0.2, 0.25) is 23.4 Å². The van der Waals surface area contributed by atoms with Crippen LogP contribution in [0.3, 0.4) is 0 Å². The second kappa shape index (κ2) is 20.9. The minimum absolute atomic E-state index is 0.0395. The summed E-state index contributed by atoms with van der Waals surface area (Å²) in [7, 11) is 0. The SMILES string of the molecule is CC(C)[C@H](NN[C@@H](CCCCN)C(=O)NCc1ccc(C(=N)N)cc1)C(=O)N[C@@H](CCCNC(N)N)C(=O)C(=O)Cc1ccccc1. The Kier molecular flexibility index (Phi) is 17.4. The standard InChI is InChI=1S/C33H52N10O4/c1-21(2)28(43-42-26(11-6-7-17-34)31(46)40-20-23-13-15-24(16-14-23)30(35)36)32(47)41-25(12-8-18-39-33(37)38)29(45)27(44)19-22-9-4-3-5-10-22/h3-5,9-10,13-16,21,25-26,28,33,39,42-43H,6-8,11-12,17-20,34,37-38H2,1-2H3,(H3,35,36)(H,40,46)(H,41,47)/t25-,26-,28-/m0/s1. The van der Waals surface area contributed by atoms with E-state index < -0.39 is 41.9 Å². The molecule has 0 aliphatic heterocycles. The highest BCUT2D eigenvalue weighted by Crippen LogP contribution is 2.09. The Hall–Kier alpha value is -4.05. The fraction of sp³-hybridized carbons (Fsp3) is 0.485. The number of nitrogens with two attached hydrogens (primary N) is 4. The predicted molar refractivity (Wildman–Crippen MR) is 182 cm³/mol. The van der Waals surface area contributed by atoms with Crippen molar-refractivity contribution in [3.63, 3.8) is 0 Å². The fourth-order valence-corrected chi connectivity index (χ4v) is 4.77. The van der Waals surface area contributed by atoms with Gasteiger partial charge in [-0.05, 0) is 55.8 Å². The van der Waals surface area contributed by atoms with E-state index in [1.165, 1.54) is 0 Å². The number of unbranched alkanes of at least 4 members (excludes halogenated alkanes) is 1. The Balaban J connectivity index is 2.11. The Bertz CT molecular complexity index is 1290. The topological polar surface area (TPSA) is 256 Å². The lowest BCUT2D eigenvalue weighted by Gasteiger charge is -2.27. The third kappa shape index (κ3) is 14.5. The summed E-state index contributed by atoms with van der Waals surface area (Å²) in [6.45, 7) is 4.78. The molecular weight excluding hydrogens is 600 g/mol. The maximum atomic E-state index is 13.6. The molecule has 0 radical (unpaired) electrons. The van der Waals surface area contributed by atoms with E-state index in [0.717, 1.165) is 12.0 Å². The van der Waals surface area contributed by atoms with E-state index in [9.17, 15) is 19.2 Å². The highest BCUT2D eigenvalue weighted by Gasteiger charge is 2.31. The lowest BCUT2D eigenvalue weighted by Crippen LogP contribution is -2.60. The highest BCUT2D eigenvalue weighted by atomic mass is 16.2. The first-order chi connectivity index (χ1) is 22.4. The average molecular weight is 653 g/mol. The van der Waals surface area contributed by atoms with Gasteiger partial charge in [0.25, 0.3) is 0 Å². The summed E-state index contributed by atoms with van der Waals surface area (Å²) in [6, 6.07) is 13.3. The van der Waals surface area contributed by atoms with Crippen LogP contribution in [0.15, 0.2) is 54.6 Å². The van der Waals surface area contributed by atoms with Crippen molar-refractivity contribution in [2.24, 2.45) is 28.9 Å². The lowest BCUT2D eigenvalue weighted by molar-refractivity contribution is -0.139. The highest BCUT2D eigenvalue weighted by molar-refractivity contribution is 6.39. The zero-order valence-corrected chi connectivity index (χ0v) is 27.4. The Labute approximate surface area is 277 Å². The third-order valence-electron chi connectivity index (χ3n) is 7.52. The first-order valence-corrected chi connectivity index (χ1v) is 16.0. The Morgan fingerprint density at radius 3 is 2.06 bits per heavy atom. The molecule has 14 N–H and O–H groups in total. The molecule has 14 nitrogen and oxygen atoms in total. The third-order valence-corrected chi connectivity index (χ3v) is 7.52.